The molecule has 82 valence electrons. The first-order valence-corrected chi connectivity index (χ1v) is 14.4. The Bertz CT molecular complexity index is 440. The van der Waals surface area contributed by atoms with Crippen molar-refractivity contribution in [2.75, 3.05) is 0 Å². The predicted octanol–water partition coefficient (Wildman–Crippen LogP) is 2.63. The molecule has 0 radical (unpaired) electrons. The summed E-state index contributed by atoms with van der Waals surface area (Å²) in [6, 6.07) is 17.2. The molecule has 0 heterocycles. The number of hydrogen-bond donors (Lipinski definition) is 0. The Morgan fingerprint density at radius 3 is 1.38 bits per heavy atom. The molecule has 0 fully saturated rings. The molecule has 0 amide bonds. The van der Waals surface area contributed by atoms with E-state index < -0.39 is 0 Å². The summed E-state index contributed by atoms with van der Waals surface area (Å²) in [6.07, 6.45) is 0. The van der Waals surface area contributed by atoms with E-state index in [1.54, 1.807) is 0 Å². The topological polar surface area (TPSA) is 0 Å². The van der Waals surface area contributed by atoms with E-state index in [9.17, 15) is 0 Å². The zero-order chi connectivity index (χ0) is 11.4. The SMILES string of the molecule is Br[Se]c1ccccc1-c1ccccc1[Se]Br. The van der Waals surface area contributed by atoms with Crippen molar-refractivity contribution in [3.8, 4) is 11.1 Å². The maximum atomic E-state index is 3.61. The summed E-state index contributed by atoms with van der Waals surface area (Å²) in [5.74, 6) is 0. The van der Waals surface area contributed by atoms with Crippen LogP contribution in [0.5, 0.6) is 0 Å². The molecule has 0 N–H and O–H groups in total. The third-order valence-corrected chi connectivity index (χ3v) is 8.05. The molecule has 0 saturated carbocycles. The van der Waals surface area contributed by atoms with Gasteiger partial charge in [0, 0.05) is 0 Å². The van der Waals surface area contributed by atoms with Crippen LogP contribution in [-0.4, -0.2) is 26.3 Å². The molecule has 0 aliphatic carbocycles. The predicted molar refractivity (Wildman–Crippen MR) is 80.5 cm³/mol. The summed E-state index contributed by atoms with van der Waals surface area (Å²) < 4.78 is 2.80. The van der Waals surface area contributed by atoms with Crippen molar-refractivity contribution in [2.24, 2.45) is 0 Å². The van der Waals surface area contributed by atoms with E-state index in [-0.39, 0.29) is 0 Å². The standard InChI is InChI=1S/C12H8Br2Se2/c13-15-11-7-3-1-5-9(11)10-6-2-4-8-12(10)16-14/h1-8H. The number of halogens is 2. The summed E-state index contributed by atoms with van der Waals surface area (Å²) in [5, 5.41) is 0. The summed E-state index contributed by atoms with van der Waals surface area (Å²) >= 11 is 7.93. The van der Waals surface area contributed by atoms with Crippen molar-refractivity contribution in [1.29, 1.82) is 0 Å². The number of rotatable bonds is 3. The van der Waals surface area contributed by atoms with Gasteiger partial charge in [-0.3, -0.25) is 0 Å². The van der Waals surface area contributed by atoms with E-state index >= 15 is 0 Å². The van der Waals surface area contributed by atoms with Crippen LogP contribution < -0.4 is 8.92 Å². The average molecular weight is 470 g/mol. The maximum absolute atomic E-state index is 3.61. The van der Waals surface area contributed by atoms with Gasteiger partial charge in [-0.15, -0.1) is 0 Å². The van der Waals surface area contributed by atoms with Gasteiger partial charge in [0.1, 0.15) is 0 Å². The minimum atomic E-state index is 0.357. The minimum absolute atomic E-state index is 0.357. The van der Waals surface area contributed by atoms with Gasteiger partial charge in [0.05, 0.1) is 0 Å². The van der Waals surface area contributed by atoms with Crippen molar-refractivity contribution < 1.29 is 0 Å². The fourth-order valence-corrected chi connectivity index (χ4v) is 6.09. The Balaban J connectivity index is 2.58. The molecule has 2 aromatic carbocycles. The van der Waals surface area contributed by atoms with E-state index in [4.69, 9.17) is 0 Å². The van der Waals surface area contributed by atoms with Crippen LogP contribution in [0, 0.1) is 0 Å². The quantitative estimate of drug-likeness (QED) is 0.606. The van der Waals surface area contributed by atoms with Crippen molar-refractivity contribution in [3.63, 3.8) is 0 Å². The van der Waals surface area contributed by atoms with Crippen LogP contribution in [0.3, 0.4) is 0 Å². The molecule has 0 aliphatic heterocycles. The Morgan fingerprint density at radius 1 is 0.625 bits per heavy atom. The molecule has 0 unspecified atom stereocenters. The molecule has 16 heavy (non-hydrogen) atoms. The summed E-state index contributed by atoms with van der Waals surface area (Å²) in [5.41, 5.74) is 2.72. The molecule has 0 saturated heterocycles. The molecular formula is C12H8Br2Se2. The molecule has 4 heteroatoms. The van der Waals surface area contributed by atoms with Crippen molar-refractivity contribution in [1.82, 2.24) is 0 Å². The van der Waals surface area contributed by atoms with Crippen molar-refractivity contribution in [3.05, 3.63) is 48.5 Å². The Hall–Kier alpha value is 0.439. The first-order valence-electron chi connectivity index (χ1n) is 4.62. The molecule has 0 atom stereocenters. The van der Waals surface area contributed by atoms with E-state index in [0.717, 1.165) is 0 Å². The third kappa shape index (κ3) is 2.81. The molecule has 2 aromatic rings. The molecule has 0 aromatic heterocycles. The van der Waals surface area contributed by atoms with Gasteiger partial charge in [-0.25, -0.2) is 0 Å². The van der Waals surface area contributed by atoms with Crippen LogP contribution in [0.1, 0.15) is 0 Å². The van der Waals surface area contributed by atoms with Gasteiger partial charge < -0.3 is 0 Å². The van der Waals surface area contributed by atoms with Gasteiger partial charge in [0.25, 0.3) is 0 Å². The number of benzene rings is 2. The van der Waals surface area contributed by atoms with Crippen LogP contribution >= 0.6 is 28.2 Å². The van der Waals surface area contributed by atoms with Crippen LogP contribution in [0.15, 0.2) is 48.5 Å². The Morgan fingerprint density at radius 2 is 1.00 bits per heavy atom. The third-order valence-electron chi connectivity index (χ3n) is 2.23. The first kappa shape index (κ1) is 12.9. The zero-order valence-corrected chi connectivity index (χ0v) is 14.8. The fourth-order valence-electron chi connectivity index (χ4n) is 1.51. The molecule has 0 spiro atoms. The Labute approximate surface area is 122 Å². The van der Waals surface area contributed by atoms with Crippen molar-refractivity contribution in [2.45, 2.75) is 0 Å². The van der Waals surface area contributed by atoms with E-state index in [1.807, 2.05) is 0 Å². The Kier molecular flexibility index (Phi) is 5.15. The zero-order valence-electron chi connectivity index (χ0n) is 8.19. The van der Waals surface area contributed by atoms with Gasteiger partial charge in [-0.2, -0.15) is 0 Å². The first-order chi connectivity index (χ1) is 7.86. The van der Waals surface area contributed by atoms with E-state index in [1.165, 1.54) is 20.1 Å². The molecule has 2 rings (SSSR count). The average Bonchev–Trinajstić information content (AvgIpc) is 2.38. The normalized spacial score (nSPS) is 10.4. The number of hydrogen-bond acceptors (Lipinski definition) is 0. The molecule has 0 aliphatic rings. The van der Waals surface area contributed by atoms with Crippen LogP contribution in [0.25, 0.3) is 11.1 Å². The molecule has 0 nitrogen and oxygen atoms in total. The van der Waals surface area contributed by atoms with E-state index in [2.05, 4.69) is 76.8 Å². The second-order valence-electron chi connectivity index (χ2n) is 3.15. The van der Waals surface area contributed by atoms with Crippen LogP contribution in [-0.2, 0) is 0 Å². The van der Waals surface area contributed by atoms with Crippen LogP contribution in [0.2, 0.25) is 0 Å². The van der Waals surface area contributed by atoms with Crippen LogP contribution in [0.4, 0.5) is 0 Å². The molecular weight excluding hydrogens is 462 g/mol. The summed E-state index contributed by atoms with van der Waals surface area (Å²) in [4.78, 5) is 0. The summed E-state index contributed by atoms with van der Waals surface area (Å²) in [7, 11) is 0. The van der Waals surface area contributed by atoms with Crippen molar-refractivity contribution >= 4 is 63.4 Å². The van der Waals surface area contributed by atoms with Gasteiger partial charge in [-0.05, 0) is 0 Å². The van der Waals surface area contributed by atoms with Gasteiger partial charge in [0.15, 0.2) is 0 Å². The van der Waals surface area contributed by atoms with E-state index in [0.29, 0.717) is 26.3 Å². The summed E-state index contributed by atoms with van der Waals surface area (Å²) in [6.45, 7) is 0. The molecule has 0 bridgehead atoms. The van der Waals surface area contributed by atoms with Gasteiger partial charge in [0.2, 0.25) is 0 Å². The second-order valence-corrected chi connectivity index (χ2v) is 9.00. The second kappa shape index (κ2) is 6.39. The monoisotopic (exact) mass is 470 g/mol. The fraction of sp³-hybridized carbons (Fsp3) is 0. The van der Waals surface area contributed by atoms with Gasteiger partial charge in [-0.1, -0.05) is 0 Å². The van der Waals surface area contributed by atoms with Gasteiger partial charge >= 0.3 is 123 Å².